The third-order valence-electron chi connectivity index (χ3n) is 2.17. The molecule has 0 saturated carbocycles. The van der Waals surface area contributed by atoms with Crippen molar-refractivity contribution in [3.8, 4) is 0 Å². The van der Waals surface area contributed by atoms with Crippen molar-refractivity contribution in [2.45, 2.75) is 18.6 Å². The molecule has 0 fully saturated rings. The van der Waals surface area contributed by atoms with Crippen LogP contribution in [0.2, 0.25) is 0 Å². The lowest BCUT2D eigenvalue weighted by Gasteiger charge is -2.00. The van der Waals surface area contributed by atoms with Crippen molar-refractivity contribution in [1.82, 2.24) is 10.3 Å². The second-order valence-corrected chi connectivity index (χ2v) is 4.51. The summed E-state index contributed by atoms with van der Waals surface area (Å²) in [6, 6.07) is 7.56. The number of thioether (sulfide) groups is 1. The van der Waals surface area contributed by atoms with E-state index in [0.717, 1.165) is 17.5 Å². The number of rotatable bonds is 5. The topological polar surface area (TPSA) is 55.1 Å². The Kier molecular flexibility index (Phi) is 4.03. The predicted molar refractivity (Wildman–Crippen MR) is 68.0 cm³/mol. The second kappa shape index (κ2) is 5.72. The number of oxazole rings is 1. The number of nitrogens with zero attached hydrogens (tertiary/aromatic N) is 1. The zero-order valence-electron chi connectivity index (χ0n) is 9.60. The van der Waals surface area contributed by atoms with Gasteiger partial charge < -0.3 is 9.73 Å². The van der Waals surface area contributed by atoms with Crippen molar-refractivity contribution < 1.29 is 9.21 Å². The van der Waals surface area contributed by atoms with Gasteiger partial charge in [-0.3, -0.25) is 4.79 Å². The fourth-order valence-electron chi connectivity index (χ4n) is 1.36. The van der Waals surface area contributed by atoms with E-state index in [2.05, 4.69) is 10.3 Å². The number of amides is 1. The van der Waals surface area contributed by atoms with Crippen molar-refractivity contribution in [2.75, 3.05) is 12.3 Å². The second-order valence-electron chi connectivity index (χ2n) is 3.59. The average molecular weight is 250 g/mol. The lowest BCUT2D eigenvalue weighted by atomic mass is 10.3. The molecule has 1 aromatic heterocycles. The van der Waals surface area contributed by atoms with E-state index in [0.29, 0.717) is 17.5 Å². The van der Waals surface area contributed by atoms with E-state index in [1.165, 1.54) is 11.8 Å². The first-order chi connectivity index (χ1) is 8.29. The summed E-state index contributed by atoms with van der Waals surface area (Å²) in [6.07, 6.45) is 0.944. The number of para-hydroxylation sites is 2. The summed E-state index contributed by atoms with van der Waals surface area (Å²) in [5, 5.41) is 3.35. The lowest BCUT2D eigenvalue weighted by Crippen LogP contribution is -2.25. The molecule has 0 saturated heterocycles. The summed E-state index contributed by atoms with van der Waals surface area (Å²) in [5.41, 5.74) is 1.58. The summed E-state index contributed by atoms with van der Waals surface area (Å²) in [6.45, 7) is 2.74. The van der Waals surface area contributed by atoms with Gasteiger partial charge in [0.15, 0.2) is 5.58 Å². The number of carbonyl (C=O) groups excluding carboxylic acids is 1. The number of fused-ring (bicyclic) bond motifs is 1. The minimum Gasteiger partial charge on any atom is -0.431 e. The van der Waals surface area contributed by atoms with Crippen LogP contribution in [0.15, 0.2) is 33.9 Å². The van der Waals surface area contributed by atoms with Gasteiger partial charge in [-0.15, -0.1) is 0 Å². The molecule has 0 bridgehead atoms. The quantitative estimate of drug-likeness (QED) is 0.828. The molecule has 0 spiro atoms. The van der Waals surface area contributed by atoms with E-state index in [1.807, 2.05) is 31.2 Å². The molecule has 1 amide bonds. The summed E-state index contributed by atoms with van der Waals surface area (Å²) in [4.78, 5) is 15.7. The van der Waals surface area contributed by atoms with E-state index in [-0.39, 0.29) is 5.91 Å². The summed E-state index contributed by atoms with van der Waals surface area (Å²) in [5.74, 6) is 0.353. The zero-order valence-corrected chi connectivity index (χ0v) is 10.4. The van der Waals surface area contributed by atoms with E-state index in [4.69, 9.17) is 4.42 Å². The maximum absolute atomic E-state index is 11.4. The van der Waals surface area contributed by atoms with Crippen molar-refractivity contribution in [3.63, 3.8) is 0 Å². The highest BCUT2D eigenvalue weighted by molar-refractivity contribution is 7.99. The Hall–Kier alpha value is -1.49. The van der Waals surface area contributed by atoms with Crippen LogP contribution in [0.3, 0.4) is 0 Å². The van der Waals surface area contributed by atoms with Crippen LogP contribution < -0.4 is 5.32 Å². The molecule has 0 unspecified atom stereocenters. The summed E-state index contributed by atoms with van der Waals surface area (Å²) < 4.78 is 5.49. The van der Waals surface area contributed by atoms with E-state index in [9.17, 15) is 4.79 Å². The van der Waals surface area contributed by atoms with Crippen LogP contribution in [0.25, 0.3) is 11.1 Å². The summed E-state index contributed by atoms with van der Waals surface area (Å²) >= 11 is 1.31. The van der Waals surface area contributed by atoms with Gasteiger partial charge in [-0.2, -0.15) is 0 Å². The molecule has 0 atom stereocenters. The molecule has 1 heterocycles. The van der Waals surface area contributed by atoms with Gasteiger partial charge >= 0.3 is 0 Å². The zero-order chi connectivity index (χ0) is 12.1. The van der Waals surface area contributed by atoms with Crippen LogP contribution in [0.5, 0.6) is 0 Å². The molecule has 1 aromatic carbocycles. The Morgan fingerprint density at radius 2 is 2.29 bits per heavy atom. The SMILES string of the molecule is CCCNC(=O)CSc1nc2ccccc2o1. The Morgan fingerprint density at radius 1 is 1.47 bits per heavy atom. The molecule has 5 heteroatoms. The minimum absolute atomic E-state index is 0.0131. The molecule has 17 heavy (non-hydrogen) atoms. The van der Waals surface area contributed by atoms with Gasteiger partial charge in [0.1, 0.15) is 5.52 Å². The Morgan fingerprint density at radius 3 is 3.06 bits per heavy atom. The Bertz CT molecular complexity index is 477. The van der Waals surface area contributed by atoms with Gasteiger partial charge in [-0.25, -0.2) is 4.98 Å². The van der Waals surface area contributed by atoms with Crippen molar-refractivity contribution in [1.29, 1.82) is 0 Å². The number of aromatic nitrogens is 1. The summed E-state index contributed by atoms with van der Waals surface area (Å²) in [7, 11) is 0. The molecule has 0 aliphatic rings. The van der Waals surface area contributed by atoms with Gasteiger partial charge in [0.25, 0.3) is 5.22 Å². The normalized spacial score (nSPS) is 10.6. The third-order valence-corrected chi connectivity index (χ3v) is 3.00. The van der Waals surface area contributed by atoms with Crippen LogP contribution in [-0.2, 0) is 4.79 Å². The van der Waals surface area contributed by atoms with Crippen LogP contribution in [0, 0.1) is 0 Å². The maximum atomic E-state index is 11.4. The molecule has 4 nitrogen and oxygen atoms in total. The highest BCUT2D eigenvalue weighted by Crippen LogP contribution is 2.22. The number of nitrogens with one attached hydrogen (secondary N) is 1. The van der Waals surface area contributed by atoms with Crippen molar-refractivity contribution in [3.05, 3.63) is 24.3 Å². The molecule has 90 valence electrons. The first-order valence-corrected chi connectivity index (χ1v) is 6.53. The third kappa shape index (κ3) is 3.23. The van der Waals surface area contributed by atoms with Crippen molar-refractivity contribution >= 4 is 28.8 Å². The highest BCUT2D eigenvalue weighted by Gasteiger charge is 2.08. The largest absolute Gasteiger partial charge is 0.431 e. The van der Waals surface area contributed by atoms with Crippen LogP contribution in [-0.4, -0.2) is 23.2 Å². The van der Waals surface area contributed by atoms with E-state index in [1.54, 1.807) is 0 Å². The smallest absolute Gasteiger partial charge is 0.257 e. The fourth-order valence-corrected chi connectivity index (χ4v) is 2.02. The number of hydrogen-bond acceptors (Lipinski definition) is 4. The standard InChI is InChI=1S/C12H14N2O2S/c1-2-7-13-11(15)8-17-12-14-9-5-3-4-6-10(9)16-12/h3-6H,2,7-8H2,1H3,(H,13,15). The lowest BCUT2D eigenvalue weighted by molar-refractivity contribution is -0.118. The first kappa shape index (κ1) is 12.0. The molecule has 0 aliphatic heterocycles. The first-order valence-electron chi connectivity index (χ1n) is 5.54. The van der Waals surface area contributed by atoms with Crippen LogP contribution in [0.1, 0.15) is 13.3 Å². The van der Waals surface area contributed by atoms with Gasteiger partial charge in [-0.1, -0.05) is 30.8 Å². The van der Waals surface area contributed by atoms with E-state index < -0.39 is 0 Å². The minimum atomic E-state index is 0.0131. The number of carbonyl (C=O) groups is 1. The Balaban J connectivity index is 1.92. The fraction of sp³-hybridized carbons (Fsp3) is 0.333. The van der Waals surface area contributed by atoms with Crippen LogP contribution in [0.4, 0.5) is 0 Å². The molecule has 0 radical (unpaired) electrons. The predicted octanol–water partition coefficient (Wildman–Crippen LogP) is 2.45. The molecule has 2 rings (SSSR count). The highest BCUT2D eigenvalue weighted by atomic mass is 32.2. The molecule has 1 N–H and O–H groups in total. The number of hydrogen-bond donors (Lipinski definition) is 1. The maximum Gasteiger partial charge on any atom is 0.257 e. The molecule has 2 aromatic rings. The van der Waals surface area contributed by atoms with Gasteiger partial charge in [0.05, 0.1) is 5.75 Å². The monoisotopic (exact) mass is 250 g/mol. The Labute approximate surface area is 104 Å². The van der Waals surface area contributed by atoms with Gasteiger partial charge in [0, 0.05) is 6.54 Å². The van der Waals surface area contributed by atoms with Crippen molar-refractivity contribution in [2.24, 2.45) is 0 Å². The average Bonchev–Trinajstić information content (AvgIpc) is 2.76. The molecular weight excluding hydrogens is 236 g/mol. The molecule has 0 aliphatic carbocycles. The number of benzene rings is 1. The van der Waals surface area contributed by atoms with Gasteiger partial charge in [0.2, 0.25) is 5.91 Å². The van der Waals surface area contributed by atoms with E-state index >= 15 is 0 Å². The molecular formula is C12H14N2O2S. The van der Waals surface area contributed by atoms with Gasteiger partial charge in [-0.05, 0) is 18.6 Å². The van der Waals surface area contributed by atoms with Crippen LogP contribution >= 0.6 is 11.8 Å².